The van der Waals surface area contributed by atoms with Gasteiger partial charge in [-0.05, 0) is 43.0 Å². The number of nitrogens with two attached hydrogens (primary N) is 1. The number of morpholine rings is 1. The zero-order valence-electron chi connectivity index (χ0n) is 15.1. The third kappa shape index (κ3) is 3.58. The monoisotopic (exact) mass is 369 g/mol. The Hall–Kier alpha value is -2.71. The predicted molar refractivity (Wildman–Crippen MR) is 103 cm³/mol. The molecule has 8 nitrogen and oxygen atoms in total. The normalized spacial score (nSPS) is 18.6. The summed E-state index contributed by atoms with van der Waals surface area (Å²) in [4.78, 5) is 17.6. The average Bonchev–Trinajstić information content (AvgIpc) is 2.67. The van der Waals surface area contributed by atoms with Gasteiger partial charge in [-0.15, -0.1) is 0 Å². The molecule has 0 atom stereocenters. The summed E-state index contributed by atoms with van der Waals surface area (Å²) in [5.74, 6) is 0.946. The largest absolute Gasteiger partial charge is 0.378 e. The summed E-state index contributed by atoms with van der Waals surface area (Å²) >= 11 is 0. The van der Waals surface area contributed by atoms with Gasteiger partial charge < -0.3 is 20.7 Å². The lowest BCUT2D eigenvalue weighted by atomic mass is 9.73. The van der Waals surface area contributed by atoms with Crippen molar-refractivity contribution in [1.82, 2.24) is 4.98 Å². The Balaban J connectivity index is 1.58. The first-order chi connectivity index (χ1) is 13.0. The van der Waals surface area contributed by atoms with Crippen LogP contribution in [0.5, 0.6) is 0 Å². The number of hydrogen-bond donors (Lipinski definition) is 2. The fraction of sp³-hybridized carbons (Fsp3) is 0.421. The number of pyridine rings is 1. The lowest BCUT2D eigenvalue weighted by Gasteiger charge is -2.38. The van der Waals surface area contributed by atoms with Gasteiger partial charge in [0.2, 0.25) is 5.82 Å². The molecule has 2 fully saturated rings. The van der Waals surface area contributed by atoms with Gasteiger partial charge in [-0.1, -0.05) is 12.1 Å². The van der Waals surface area contributed by atoms with Gasteiger partial charge in [0.05, 0.1) is 18.1 Å². The molecule has 1 aromatic carbocycles. The van der Waals surface area contributed by atoms with E-state index in [0.717, 1.165) is 43.6 Å². The molecule has 2 aromatic rings. The second-order valence-electron chi connectivity index (χ2n) is 7.11. The van der Waals surface area contributed by atoms with E-state index in [1.165, 1.54) is 6.07 Å². The Morgan fingerprint density at radius 2 is 1.85 bits per heavy atom. The van der Waals surface area contributed by atoms with Crippen LogP contribution >= 0.6 is 0 Å². The summed E-state index contributed by atoms with van der Waals surface area (Å²) in [6, 6.07) is 11.0. The summed E-state index contributed by atoms with van der Waals surface area (Å²) < 4.78 is 5.36. The summed E-state index contributed by atoms with van der Waals surface area (Å²) in [6.45, 7) is 2.70. The van der Waals surface area contributed by atoms with Crippen molar-refractivity contribution in [1.29, 1.82) is 0 Å². The second-order valence-corrected chi connectivity index (χ2v) is 7.11. The van der Waals surface area contributed by atoms with Gasteiger partial charge in [0, 0.05) is 30.4 Å². The van der Waals surface area contributed by atoms with E-state index < -0.39 is 4.92 Å². The number of ether oxygens (including phenoxy) is 1. The number of nitro groups is 1. The smallest absolute Gasteiger partial charge is 0.311 e. The van der Waals surface area contributed by atoms with Crippen molar-refractivity contribution in [2.75, 3.05) is 36.5 Å². The summed E-state index contributed by atoms with van der Waals surface area (Å²) in [5.41, 5.74) is 7.93. The van der Waals surface area contributed by atoms with E-state index in [9.17, 15) is 10.1 Å². The van der Waals surface area contributed by atoms with Crippen LogP contribution in [-0.2, 0) is 10.3 Å². The van der Waals surface area contributed by atoms with E-state index in [4.69, 9.17) is 10.5 Å². The standard InChI is InChI=1S/C19H23N5O3/c20-19(8-1-9-19)14-2-4-15(5-3-14)21-18-16(24(25)26)6-7-17(22-18)23-10-12-27-13-11-23/h2-7H,1,8-13,20H2,(H,21,22). The Bertz CT molecular complexity index is 830. The highest BCUT2D eigenvalue weighted by Gasteiger charge is 2.34. The molecule has 0 amide bonds. The Morgan fingerprint density at radius 3 is 2.44 bits per heavy atom. The van der Waals surface area contributed by atoms with Crippen molar-refractivity contribution in [3.8, 4) is 0 Å². The van der Waals surface area contributed by atoms with Crippen molar-refractivity contribution in [2.24, 2.45) is 5.73 Å². The molecule has 8 heteroatoms. The topological polar surface area (TPSA) is 107 Å². The van der Waals surface area contributed by atoms with E-state index in [1.807, 2.05) is 24.3 Å². The summed E-state index contributed by atoms with van der Waals surface area (Å²) in [6.07, 6.45) is 3.14. The maximum Gasteiger partial charge on any atom is 0.311 e. The van der Waals surface area contributed by atoms with Crippen LogP contribution < -0.4 is 16.0 Å². The van der Waals surface area contributed by atoms with Crippen molar-refractivity contribution >= 4 is 23.0 Å². The van der Waals surface area contributed by atoms with E-state index in [2.05, 4.69) is 15.2 Å². The molecule has 1 aromatic heterocycles. The molecule has 2 aliphatic rings. The van der Waals surface area contributed by atoms with Crippen molar-refractivity contribution in [3.05, 3.63) is 52.1 Å². The minimum Gasteiger partial charge on any atom is -0.378 e. The minimum absolute atomic E-state index is 0.0506. The van der Waals surface area contributed by atoms with Gasteiger partial charge in [0.25, 0.3) is 0 Å². The molecule has 142 valence electrons. The quantitative estimate of drug-likeness (QED) is 0.616. The van der Waals surface area contributed by atoms with Crippen molar-refractivity contribution in [3.63, 3.8) is 0 Å². The van der Waals surface area contributed by atoms with Crippen LogP contribution in [0.15, 0.2) is 36.4 Å². The van der Waals surface area contributed by atoms with Crippen LogP contribution in [0.4, 0.5) is 23.0 Å². The third-order valence-electron chi connectivity index (χ3n) is 5.36. The van der Waals surface area contributed by atoms with Crippen molar-refractivity contribution in [2.45, 2.75) is 24.8 Å². The van der Waals surface area contributed by atoms with Gasteiger partial charge in [-0.3, -0.25) is 10.1 Å². The van der Waals surface area contributed by atoms with Crippen LogP contribution in [0.1, 0.15) is 24.8 Å². The van der Waals surface area contributed by atoms with Crippen LogP contribution in [0.25, 0.3) is 0 Å². The van der Waals surface area contributed by atoms with Gasteiger partial charge in [0.15, 0.2) is 0 Å². The number of nitrogens with one attached hydrogen (secondary N) is 1. The van der Waals surface area contributed by atoms with E-state index in [0.29, 0.717) is 19.0 Å². The fourth-order valence-corrected chi connectivity index (χ4v) is 3.52. The minimum atomic E-state index is -0.421. The number of aromatic nitrogens is 1. The highest BCUT2D eigenvalue weighted by molar-refractivity contribution is 5.68. The number of nitrogens with zero attached hydrogens (tertiary/aromatic N) is 3. The van der Waals surface area contributed by atoms with E-state index in [-0.39, 0.29) is 17.0 Å². The fourth-order valence-electron chi connectivity index (χ4n) is 3.52. The number of hydrogen-bond acceptors (Lipinski definition) is 7. The zero-order chi connectivity index (χ0) is 18.9. The molecule has 27 heavy (non-hydrogen) atoms. The molecule has 0 unspecified atom stereocenters. The lowest BCUT2D eigenvalue weighted by Crippen LogP contribution is -2.43. The molecule has 1 saturated heterocycles. The Morgan fingerprint density at radius 1 is 1.15 bits per heavy atom. The van der Waals surface area contributed by atoms with E-state index >= 15 is 0 Å². The van der Waals surface area contributed by atoms with Gasteiger partial charge in [0.1, 0.15) is 5.82 Å². The summed E-state index contributed by atoms with van der Waals surface area (Å²) in [7, 11) is 0. The maximum absolute atomic E-state index is 11.4. The highest BCUT2D eigenvalue weighted by Crippen LogP contribution is 2.39. The van der Waals surface area contributed by atoms with E-state index in [1.54, 1.807) is 6.07 Å². The van der Waals surface area contributed by atoms with Gasteiger partial charge in [-0.2, -0.15) is 0 Å². The number of benzene rings is 1. The Labute approximate surface area is 157 Å². The predicted octanol–water partition coefficient (Wildman–Crippen LogP) is 2.91. The first-order valence-electron chi connectivity index (χ1n) is 9.20. The molecule has 1 aliphatic carbocycles. The first kappa shape index (κ1) is 17.7. The summed E-state index contributed by atoms with van der Waals surface area (Å²) in [5, 5.41) is 14.5. The van der Waals surface area contributed by atoms with Crippen LogP contribution in [0.2, 0.25) is 0 Å². The van der Waals surface area contributed by atoms with Gasteiger partial charge in [-0.25, -0.2) is 4.98 Å². The van der Waals surface area contributed by atoms with Gasteiger partial charge >= 0.3 is 5.69 Å². The van der Waals surface area contributed by atoms with Crippen LogP contribution in [0.3, 0.4) is 0 Å². The second kappa shape index (κ2) is 7.13. The van der Waals surface area contributed by atoms with Crippen LogP contribution in [0, 0.1) is 10.1 Å². The number of rotatable bonds is 5. The van der Waals surface area contributed by atoms with Crippen LogP contribution in [-0.4, -0.2) is 36.2 Å². The molecule has 0 radical (unpaired) electrons. The third-order valence-corrected chi connectivity index (χ3v) is 5.36. The SMILES string of the molecule is NC1(c2ccc(Nc3nc(N4CCOCC4)ccc3[N+](=O)[O-])cc2)CCC1. The molecule has 1 aliphatic heterocycles. The molecular formula is C19H23N5O3. The molecule has 0 spiro atoms. The van der Waals surface area contributed by atoms with Crippen molar-refractivity contribution < 1.29 is 9.66 Å². The molecule has 3 N–H and O–H groups in total. The lowest BCUT2D eigenvalue weighted by molar-refractivity contribution is -0.384. The molecule has 0 bridgehead atoms. The first-order valence-corrected chi connectivity index (χ1v) is 9.20. The zero-order valence-corrected chi connectivity index (χ0v) is 15.1. The molecule has 1 saturated carbocycles. The maximum atomic E-state index is 11.4. The molecule has 2 heterocycles. The molecule has 4 rings (SSSR count). The average molecular weight is 369 g/mol. The molecular weight excluding hydrogens is 346 g/mol. The number of anilines is 3. The Kier molecular flexibility index (Phi) is 4.67. The highest BCUT2D eigenvalue weighted by atomic mass is 16.6.